The van der Waals surface area contributed by atoms with E-state index in [1.165, 1.54) is 0 Å². The molecule has 0 saturated carbocycles. The predicted molar refractivity (Wildman–Crippen MR) is 95.7 cm³/mol. The van der Waals surface area contributed by atoms with Crippen LogP contribution in [0, 0.1) is 0 Å². The standard InChI is InChI=1S/C19H22ClNO3/c1-4-18(14-8-10-16(23-3)11-9-14)21-19(22)13(2)24-17-7-5-6-15(20)12-17/h5-13,18H,4H2,1-3H3,(H,21,22)/t13-,18-/m1/s1. The van der Waals surface area contributed by atoms with Gasteiger partial charge in [-0.25, -0.2) is 0 Å². The van der Waals surface area contributed by atoms with Crippen LogP contribution in [0.1, 0.15) is 31.9 Å². The minimum absolute atomic E-state index is 0.0752. The second-order valence-corrected chi connectivity index (χ2v) is 5.90. The van der Waals surface area contributed by atoms with Gasteiger partial charge in [0.2, 0.25) is 0 Å². The Hall–Kier alpha value is -2.20. The van der Waals surface area contributed by atoms with Crippen LogP contribution in [-0.4, -0.2) is 19.1 Å². The van der Waals surface area contributed by atoms with Crippen LogP contribution in [0.15, 0.2) is 48.5 Å². The number of benzene rings is 2. The number of carbonyl (C=O) groups excluding carboxylic acids is 1. The summed E-state index contributed by atoms with van der Waals surface area (Å²) in [4.78, 5) is 12.4. The van der Waals surface area contributed by atoms with Gasteiger partial charge in [0.25, 0.3) is 5.91 Å². The van der Waals surface area contributed by atoms with E-state index in [-0.39, 0.29) is 11.9 Å². The molecule has 0 bridgehead atoms. The number of hydrogen-bond acceptors (Lipinski definition) is 3. The van der Waals surface area contributed by atoms with Crippen LogP contribution in [0.25, 0.3) is 0 Å². The van der Waals surface area contributed by atoms with E-state index >= 15 is 0 Å². The van der Waals surface area contributed by atoms with Crippen molar-refractivity contribution in [1.82, 2.24) is 5.32 Å². The summed E-state index contributed by atoms with van der Waals surface area (Å²) in [6, 6.07) is 14.6. The zero-order chi connectivity index (χ0) is 17.5. The lowest BCUT2D eigenvalue weighted by atomic mass is 10.0. The molecular weight excluding hydrogens is 326 g/mol. The van der Waals surface area contributed by atoms with Crippen molar-refractivity contribution in [1.29, 1.82) is 0 Å². The van der Waals surface area contributed by atoms with Gasteiger partial charge in [-0.1, -0.05) is 36.7 Å². The van der Waals surface area contributed by atoms with Crippen molar-refractivity contribution in [3.8, 4) is 11.5 Å². The monoisotopic (exact) mass is 347 g/mol. The van der Waals surface area contributed by atoms with Crippen LogP contribution >= 0.6 is 11.6 Å². The van der Waals surface area contributed by atoms with Gasteiger partial charge in [-0.05, 0) is 49.2 Å². The topological polar surface area (TPSA) is 47.6 Å². The summed E-state index contributed by atoms with van der Waals surface area (Å²) in [5.74, 6) is 1.19. The zero-order valence-electron chi connectivity index (χ0n) is 14.1. The second-order valence-electron chi connectivity index (χ2n) is 5.46. The Morgan fingerprint density at radius 3 is 2.46 bits per heavy atom. The Kier molecular flexibility index (Phi) is 6.50. The number of rotatable bonds is 7. The molecule has 2 aromatic rings. The van der Waals surface area contributed by atoms with E-state index in [0.29, 0.717) is 10.8 Å². The number of hydrogen-bond donors (Lipinski definition) is 1. The molecule has 1 N–H and O–H groups in total. The average Bonchev–Trinajstić information content (AvgIpc) is 2.59. The molecule has 0 aliphatic heterocycles. The first kappa shape index (κ1) is 18.1. The highest BCUT2D eigenvalue weighted by Crippen LogP contribution is 2.21. The number of ether oxygens (including phenoxy) is 2. The maximum absolute atomic E-state index is 12.4. The lowest BCUT2D eigenvalue weighted by Gasteiger charge is -2.21. The number of nitrogens with one attached hydrogen (secondary N) is 1. The minimum Gasteiger partial charge on any atom is -0.497 e. The lowest BCUT2D eigenvalue weighted by molar-refractivity contribution is -0.128. The smallest absolute Gasteiger partial charge is 0.261 e. The third-order valence-corrected chi connectivity index (χ3v) is 3.96. The van der Waals surface area contributed by atoms with Gasteiger partial charge in [0.05, 0.1) is 13.2 Å². The molecule has 0 unspecified atom stereocenters. The van der Waals surface area contributed by atoms with E-state index in [9.17, 15) is 4.79 Å². The minimum atomic E-state index is -0.615. The summed E-state index contributed by atoms with van der Waals surface area (Å²) in [7, 11) is 1.63. The quantitative estimate of drug-likeness (QED) is 0.808. The fourth-order valence-electron chi connectivity index (χ4n) is 2.34. The molecule has 2 aromatic carbocycles. The van der Waals surface area contributed by atoms with Crippen molar-refractivity contribution in [2.24, 2.45) is 0 Å². The molecule has 2 rings (SSSR count). The maximum atomic E-state index is 12.4. The van der Waals surface area contributed by atoms with E-state index in [4.69, 9.17) is 21.1 Å². The normalized spacial score (nSPS) is 13.0. The predicted octanol–water partition coefficient (Wildman–Crippen LogP) is 4.38. The van der Waals surface area contributed by atoms with Gasteiger partial charge in [0, 0.05) is 5.02 Å². The highest BCUT2D eigenvalue weighted by Gasteiger charge is 2.19. The molecule has 24 heavy (non-hydrogen) atoms. The van der Waals surface area contributed by atoms with E-state index in [1.54, 1.807) is 38.3 Å². The Balaban J connectivity index is 1.99. The molecule has 0 heterocycles. The number of halogens is 1. The first-order chi connectivity index (χ1) is 11.5. The van der Waals surface area contributed by atoms with Crippen LogP contribution in [-0.2, 0) is 4.79 Å². The molecule has 0 aliphatic carbocycles. The molecule has 4 nitrogen and oxygen atoms in total. The van der Waals surface area contributed by atoms with E-state index < -0.39 is 6.10 Å². The van der Waals surface area contributed by atoms with Crippen LogP contribution < -0.4 is 14.8 Å². The van der Waals surface area contributed by atoms with Crippen LogP contribution in [0.3, 0.4) is 0 Å². The third-order valence-electron chi connectivity index (χ3n) is 3.72. The molecule has 1 amide bonds. The van der Waals surface area contributed by atoms with Crippen LogP contribution in [0.2, 0.25) is 5.02 Å². The van der Waals surface area contributed by atoms with Crippen molar-refractivity contribution in [3.05, 3.63) is 59.1 Å². The highest BCUT2D eigenvalue weighted by molar-refractivity contribution is 6.30. The van der Waals surface area contributed by atoms with Gasteiger partial charge in [-0.2, -0.15) is 0 Å². The Labute approximate surface area is 147 Å². The number of amides is 1. The summed E-state index contributed by atoms with van der Waals surface area (Å²) in [5.41, 5.74) is 1.03. The Bertz CT molecular complexity index is 673. The summed E-state index contributed by atoms with van der Waals surface area (Å²) in [6.45, 7) is 3.74. The van der Waals surface area contributed by atoms with Gasteiger partial charge in [0.1, 0.15) is 11.5 Å². The van der Waals surface area contributed by atoms with Gasteiger partial charge in [-0.3, -0.25) is 4.79 Å². The van der Waals surface area contributed by atoms with E-state index in [2.05, 4.69) is 5.32 Å². The molecule has 0 fully saturated rings. The Morgan fingerprint density at radius 2 is 1.88 bits per heavy atom. The van der Waals surface area contributed by atoms with E-state index in [0.717, 1.165) is 17.7 Å². The summed E-state index contributed by atoms with van der Waals surface area (Å²) in [6.07, 6.45) is 0.165. The van der Waals surface area contributed by atoms with Gasteiger partial charge in [0.15, 0.2) is 6.10 Å². The third kappa shape index (κ3) is 4.90. The second kappa shape index (κ2) is 8.60. The average molecular weight is 348 g/mol. The van der Waals surface area contributed by atoms with Crippen molar-refractivity contribution < 1.29 is 14.3 Å². The molecular formula is C19H22ClNO3. The fourth-order valence-corrected chi connectivity index (χ4v) is 2.52. The van der Waals surface area contributed by atoms with Gasteiger partial charge in [-0.15, -0.1) is 0 Å². The highest BCUT2D eigenvalue weighted by atomic mass is 35.5. The van der Waals surface area contributed by atoms with Gasteiger partial charge < -0.3 is 14.8 Å². The van der Waals surface area contributed by atoms with Crippen LogP contribution in [0.5, 0.6) is 11.5 Å². The van der Waals surface area contributed by atoms with Crippen molar-refractivity contribution in [2.75, 3.05) is 7.11 Å². The molecule has 0 aromatic heterocycles. The van der Waals surface area contributed by atoms with Crippen LogP contribution in [0.4, 0.5) is 0 Å². The molecule has 0 saturated heterocycles. The van der Waals surface area contributed by atoms with Gasteiger partial charge >= 0.3 is 0 Å². The zero-order valence-corrected chi connectivity index (χ0v) is 14.8. The van der Waals surface area contributed by atoms with Crippen molar-refractivity contribution in [2.45, 2.75) is 32.4 Å². The van der Waals surface area contributed by atoms with E-state index in [1.807, 2.05) is 31.2 Å². The maximum Gasteiger partial charge on any atom is 0.261 e. The molecule has 0 aliphatic rings. The van der Waals surface area contributed by atoms with Crippen molar-refractivity contribution in [3.63, 3.8) is 0 Å². The Morgan fingerprint density at radius 1 is 1.17 bits per heavy atom. The number of carbonyl (C=O) groups is 1. The molecule has 0 radical (unpaired) electrons. The number of methoxy groups -OCH3 is 1. The SMILES string of the molecule is CC[C@@H](NC(=O)[C@@H](C)Oc1cccc(Cl)c1)c1ccc(OC)cc1. The molecule has 0 spiro atoms. The summed E-state index contributed by atoms with van der Waals surface area (Å²) < 4.78 is 10.8. The summed E-state index contributed by atoms with van der Waals surface area (Å²) >= 11 is 5.93. The van der Waals surface area contributed by atoms with Crippen molar-refractivity contribution >= 4 is 17.5 Å². The molecule has 2 atom stereocenters. The summed E-state index contributed by atoms with van der Waals surface area (Å²) in [5, 5.41) is 3.59. The lowest BCUT2D eigenvalue weighted by Crippen LogP contribution is -2.38. The largest absolute Gasteiger partial charge is 0.497 e. The fraction of sp³-hybridized carbons (Fsp3) is 0.316. The first-order valence-corrected chi connectivity index (χ1v) is 8.27. The molecule has 5 heteroatoms. The molecule has 128 valence electrons. The first-order valence-electron chi connectivity index (χ1n) is 7.90.